The Hall–Kier alpha value is -0.0117. The van der Waals surface area contributed by atoms with E-state index >= 15 is 0 Å². The van der Waals surface area contributed by atoms with Gasteiger partial charge in [-0.1, -0.05) is 24.8 Å². The number of fused-ring (bicyclic) bond motifs is 1. The van der Waals surface area contributed by atoms with Gasteiger partial charge in [0.15, 0.2) is 0 Å². The van der Waals surface area contributed by atoms with Gasteiger partial charge in [0.1, 0.15) is 5.78 Å². The Kier molecular flexibility index (Phi) is 3.04. The molecule has 0 amide bonds. The van der Waals surface area contributed by atoms with Gasteiger partial charge < -0.3 is 14.5 Å². The molecule has 1 aliphatic carbocycles. The van der Waals surface area contributed by atoms with E-state index in [1.807, 2.05) is 20.9 Å². The fourth-order valence-corrected chi connectivity index (χ4v) is 2.93. The molecule has 0 aromatic rings. The van der Waals surface area contributed by atoms with Crippen LogP contribution in [-0.4, -0.2) is 35.6 Å². The van der Waals surface area contributed by atoms with Crippen LogP contribution >= 0.6 is 0 Å². The molecule has 1 aliphatic heterocycles. The van der Waals surface area contributed by atoms with Gasteiger partial charge in [-0.15, -0.1) is 0 Å². The number of rotatable bonds is 2. The molecule has 0 N–H and O–H groups in total. The molecule has 2 fully saturated rings. The SMILES string of the molecule is CC(=O)C12C[C-]1C(C)(C=O)C(C)N2C.[W]. The topological polar surface area (TPSA) is 37.4 Å². The summed E-state index contributed by atoms with van der Waals surface area (Å²) in [4.78, 5) is 24.8. The van der Waals surface area contributed by atoms with Crippen molar-refractivity contribution in [2.24, 2.45) is 5.41 Å². The zero-order valence-corrected chi connectivity index (χ0v) is 12.5. The van der Waals surface area contributed by atoms with Crippen LogP contribution in [0.4, 0.5) is 0 Å². The van der Waals surface area contributed by atoms with Crippen LogP contribution in [0.25, 0.3) is 0 Å². The van der Waals surface area contributed by atoms with Crippen molar-refractivity contribution >= 4 is 12.1 Å². The molecule has 0 bridgehead atoms. The zero-order valence-electron chi connectivity index (χ0n) is 9.53. The van der Waals surface area contributed by atoms with Gasteiger partial charge in [0.25, 0.3) is 0 Å². The van der Waals surface area contributed by atoms with Gasteiger partial charge in [0.05, 0.1) is 6.29 Å². The molecule has 15 heavy (non-hydrogen) atoms. The third kappa shape index (κ3) is 1.26. The summed E-state index contributed by atoms with van der Waals surface area (Å²) in [6, 6.07) is 0.132. The Morgan fingerprint density at radius 1 is 1.60 bits per heavy atom. The van der Waals surface area contributed by atoms with Crippen LogP contribution in [0.2, 0.25) is 0 Å². The second-order valence-corrected chi connectivity index (χ2v) is 4.76. The van der Waals surface area contributed by atoms with E-state index in [-0.39, 0.29) is 32.9 Å². The van der Waals surface area contributed by atoms with E-state index in [0.29, 0.717) is 0 Å². The number of likely N-dealkylation sites (tertiary alicyclic amines) is 1. The number of nitrogens with zero attached hydrogens (tertiary/aromatic N) is 1. The monoisotopic (exact) mass is 378 g/mol. The maximum Gasteiger partial charge on any atom is 0.117 e. The number of carbonyl (C=O) groups excluding carboxylic acids is 2. The van der Waals surface area contributed by atoms with Gasteiger partial charge in [-0.25, -0.2) is 0 Å². The summed E-state index contributed by atoms with van der Waals surface area (Å²) in [6.45, 7) is 5.57. The van der Waals surface area contributed by atoms with Crippen molar-refractivity contribution in [1.82, 2.24) is 4.90 Å². The molecule has 84 valence electrons. The first kappa shape index (κ1) is 13.1. The Balaban J connectivity index is 0.00000112. The normalized spacial score (nSPS) is 44.4. The maximum absolute atomic E-state index is 11.6. The van der Waals surface area contributed by atoms with Gasteiger partial charge in [-0.3, -0.25) is 5.92 Å². The predicted molar refractivity (Wildman–Crippen MR) is 52.7 cm³/mol. The van der Waals surface area contributed by atoms with E-state index < -0.39 is 11.0 Å². The van der Waals surface area contributed by atoms with Crippen molar-refractivity contribution in [3.05, 3.63) is 5.92 Å². The predicted octanol–water partition coefficient (Wildman–Crippen LogP) is 0.829. The van der Waals surface area contributed by atoms with E-state index in [2.05, 4.69) is 4.90 Å². The fraction of sp³-hybridized carbons (Fsp3) is 0.727. The Morgan fingerprint density at radius 3 is 2.40 bits per heavy atom. The summed E-state index contributed by atoms with van der Waals surface area (Å²) in [5.74, 6) is 1.29. The fourth-order valence-electron chi connectivity index (χ4n) is 2.93. The van der Waals surface area contributed by atoms with E-state index in [0.717, 1.165) is 18.6 Å². The molecular formula is C11H16NO2W-. The molecule has 1 saturated carbocycles. The average molecular weight is 378 g/mol. The van der Waals surface area contributed by atoms with Crippen LogP contribution in [0.15, 0.2) is 0 Å². The largest absolute Gasteiger partial charge is 0.324 e. The summed E-state index contributed by atoms with van der Waals surface area (Å²) in [5, 5.41) is 0. The third-order valence-corrected chi connectivity index (χ3v) is 4.34. The molecule has 0 radical (unpaired) electrons. The van der Waals surface area contributed by atoms with Crippen molar-refractivity contribution in [3.63, 3.8) is 0 Å². The number of piperidine rings is 1. The molecule has 1 heterocycles. The molecule has 2 rings (SSSR count). The number of likely N-dealkylation sites (N-methyl/N-ethyl adjacent to an activating group) is 1. The van der Waals surface area contributed by atoms with Crippen molar-refractivity contribution in [1.29, 1.82) is 0 Å². The molecule has 3 unspecified atom stereocenters. The quantitative estimate of drug-likeness (QED) is 0.528. The Labute approximate surface area is 105 Å². The number of Topliss-reactive ketones (excluding diaryl/α,β-unsaturated/α-hetero) is 1. The number of carbonyl (C=O) groups is 2. The molecule has 1 saturated heterocycles. The van der Waals surface area contributed by atoms with E-state index in [1.54, 1.807) is 6.92 Å². The minimum Gasteiger partial charge on any atom is -0.324 e. The Bertz CT molecular complexity index is 320. The van der Waals surface area contributed by atoms with Crippen LogP contribution in [0.1, 0.15) is 27.2 Å². The van der Waals surface area contributed by atoms with Crippen molar-refractivity contribution in [3.8, 4) is 0 Å². The van der Waals surface area contributed by atoms with Crippen molar-refractivity contribution < 1.29 is 30.7 Å². The summed E-state index contributed by atoms with van der Waals surface area (Å²) < 4.78 is 0. The molecule has 2 aliphatic rings. The van der Waals surface area contributed by atoms with E-state index in [1.165, 1.54) is 0 Å². The van der Waals surface area contributed by atoms with Crippen LogP contribution in [0, 0.1) is 11.3 Å². The number of hydrogen-bond acceptors (Lipinski definition) is 3. The maximum atomic E-state index is 11.6. The molecule has 0 spiro atoms. The van der Waals surface area contributed by atoms with Gasteiger partial charge in [0, 0.05) is 21.1 Å². The first-order chi connectivity index (χ1) is 6.41. The van der Waals surface area contributed by atoms with Crippen LogP contribution in [0.3, 0.4) is 0 Å². The molecular weight excluding hydrogens is 362 g/mol. The first-order valence-electron chi connectivity index (χ1n) is 4.98. The standard InChI is InChI=1S/C11H16NO2.W/c1-7-10(3,6-13)9-5-11(9,8(2)14)12(7)4;/h6-7H,5H2,1-4H3;/q-1;. The van der Waals surface area contributed by atoms with Crippen LogP contribution < -0.4 is 0 Å². The molecule has 3 nitrogen and oxygen atoms in total. The molecule has 3 atom stereocenters. The van der Waals surface area contributed by atoms with Crippen LogP contribution in [0.5, 0.6) is 0 Å². The smallest absolute Gasteiger partial charge is 0.117 e. The molecule has 0 aromatic heterocycles. The number of ketones is 1. The van der Waals surface area contributed by atoms with Gasteiger partial charge >= 0.3 is 0 Å². The van der Waals surface area contributed by atoms with Crippen LogP contribution in [-0.2, 0) is 30.7 Å². The van der Waals surface area contributed by atoms with Crippen molar-refractivity contribution in [2.75, 3.05) is 7.05 Å². The zero-order chi connectivity index (χ0) is 10.7. The summed E-state index contributed by atoms with van der Waals surface area (Å²) in [5.41, 5.74) is -0.810. The minimum atomic E-state index is -0.416. The van der Waals surface area contributed by atoms with E-state index in [4.69, 9.17) is 0 Å². The molecule has 0 aromatic carbocycles. The van der Waals surface area contributed by atoms with E-state index in [9.17, 15) is 9.59 Å². The third-order valence-electron chi connectivity index (χ3n) is 4.34. The summed E-state index contributed by atoms with van der Waals surface area (Å²) >= 11 is 0. The number of hydrogen-bond donors (Lipinski definition) is 0. The first-order valence-corrected chi connectivity index (χ1v) is 4.98. The second-order valence-electron chi connectivity index (χ2n) is 4.76. The van der Waals surface area contributed by atoms with Gasteiger partial charge in [-0.2, -0.15) is 6.42 Å². The Morgan fingerprint density at radius 2 is 2.13 bits per heavy atom. The summed E-state index contributed by atoms with van der Waals surface area (Å²) in [7, 11) is 1.94. The average Bonchev–Trinajstić information content (AvgIpc) is 2.87. The second kappa shape index (κ2) is 3.49. The summed E-state index contributed by atoms with van der Waals surface area (Å²) in [6.07, 6.45) is 1.78. The van der Waals surface area contributed by atoms with Crippen molar-refractivity contribution in [2.45, 2.75) is 38.8 Å². The van der Waals surface area contributed by atoms with Gasteiger partial charge in [-0.05, 0) is 20.0 Å². The van der Waals surface area contributed by atoms with Gasteiger partial charge in [0.2, 0.25) is 0 Å². The number of aldehydes is 1. The molecule has 4 heteroatoms. The minimum absolute atomic E-state index is 0.